The molecule has 2 heterocycles. The molecule has 0 bridgehead atoms. The fourth-order valence-electron chi connectivity index (χ4n) is 4.80. The number of hydrogen-bond donors (Lipinski definition) is 0. The number of rotatable bonds is 5. The summed E-state index contributed by atoms with van der Waals surface area (Å²) in [5.41, 5.74) is 2.89. The van der Waals surface area contributed by atoms with Crippen LogP contribution in [0, 0.1) is 11.8 Å². The van der Waals surface area contributed by atoms with Crippen molar-refractivity contribution in [2.24, 2.45) is 11.8 Å². The number of esters is 1. The van der Waals surface area contributed by atoms with Crippen LogP contribution in [0.5, 0.6) is 0 Å². The maximum absolute atomic E-state index is 13.0. The molecule has 0 atom stereocenters. The summed E-state index contributed by atoms with van der Waals surface area (Å²) in [5, 5.41) is 0. The van der Waals surface area contributed by atoms with Gasteiger partial charge in [-0.3, -0.25) is 14.4 Å². The molecule has 2 amide bonds. The summed E-state index contributed by atoms with van der Waals surface area (Å²) in [6, 6.07) is 17.8. The molecule has 2 aromatic carbocycles. The van der Waals surface area contributed by atoms with Crippen LogP contribution in [0.15, 0.2) is 54.6 Å². The Labute approximate surface area is 195 Å². The highest BCUT2D eigenvalue weighted by Gasteiger charge is 2.34. The largest absolute Gasteiger partial charge is 0.466 e. The van der Waals surface area contributed by atoms with Gasteiger partial charge in [0.15, 0.2) is 0 Å². The van der Waals surface area contributed by atoms with E-state index in [4.69, 9.17) is 4.74 Å². The third-order valence-electron chi connectivity index (χ3n) is 6.80. The van der Waals surface area contributed by atoms with Gasteiger partial charge in [0, 0.05) is 37.7 Å². The molecule has 2 aliphatic rings. The molecule has 2 fully saturated rings. The molecule has 6 nitrogen and oxygen atoms in total. The molecular formula is C27H32N2O4. The van der Waals surface area contributed by atoms with Gasteiger partial charge in [-0.2, -0.15) is 0 Å². The van der Waals surface area contributed by atoms with Crippen LogP contribution in [-0.4, -0.2) is 60.4 Å². The quantitative estimate of drug-likeness (QED) is 0.649. The summed E-state index contributed by atoms with van der Waals surface area (Å²) in [7, 11) is 0. The number of benzene rings is 2. The average molecular weight is 449 g/mol. The van der Waals surface area contributed by atoms with E-state index in [-0.39, 0.29) is 29.6 Å². The van der Waals surface area contributed by atoms with E-state index in [0.29, 0.717) is 64.0 Å². The molecule has 2 aliphatic heterocycles. The molecule has 2 aromatic rings. The summed E-state index contributed by atoms with van der Waals surface area (Å²) in [4.78, 5) is 41.6. The van der Waals surface area contributed by atoms with Gasteiger partial charge in [0.05, 0.1) is 12.5 Å². The van der Waals surface area contributed by atoms with Gasteiger partial charge in [-0.25, -0.2) is 0 Å². The number of likely N-dealkylation sites (tertiary alicyclic amines) is 2. The topological polar surface area (TPSA) is 66.9 Å². The fraction of sp³-hybridized carbons (Fsp3) is 0.444. The first kappa shape index (κ1) is 23.0. The van der Waals surface area contributed by atoms with Crippen LogP contribution in [0.4, 0.5) is 0 Å². The first-order valence-electron chi connectivity index (χ1n) is 12.0. The van der Waals surface area contributed by atoms with Gasteiger partial charge < -0.3 is 14.5 Å². The van der Waals surface area contributed by atoms with Crippen molar-refractivity contribution in [3.63, 3.8) is 0 Å². The third kappa shape index (κ3) is 5.44. The molecule has 0 unspecified atom stereocenters. The van der Waals surface area contributed by atoms with E-state index < -0.39 is 0 Å². The monoisotopic (exact) mass is 448 g/mol. The van der Waals surface area contributed by atoms with Crippen LogP contribution >= 0.6 is 0 Å². The van der Waals surface area contributed by atoms with Crippen LogP contribution < -0.4 is 0 Å². The van der Waals surface area contributed by atoms with Gasteiger partial charge in [-0.05, 0) is 55.9 Å². The SMILES string of the molecule is CCOC(=O)C1CCN(C(=O)C2CCN(C(=O)c3ccc(-c4ccccc4)cc3)CC2)CC1. The van der Waals surface area contributed by atoms with Gasteiger partial charge in [-0.1, -0.05) is 42.5 Å². The Balaban J connectivity index is 1.27. The molecule has 0 aliphatic carbocycles. The Bertz CT molecular complexity index is 957. The number of nitrogens with zero attached hydrogens (tertiary/aromatic N) is 2. The summed E-state index contributed by atoms with van der Waals surface area (Å²) in [6.07, 6.45) is 2.71. The minimum Gasteiger partial charge on any atom is -0.466 e. The highest BCUT2D eigenvalue weighted by Crippen LogP contribution is 2.26. The fourth-order valence-corrected chi connectivity index (χ4v) is 4.80. The van der Waals surface area contributed by atoms with E-state index in [0.717, 1.165) is 11.1 Å². The molecule has 0 aromatic heterocycles. The van der Waals surface area contributed by atoms with Gasteiger partial charge in [0.1, 0.15) is 0 Å². The Morgan fingerprint density at radius 2 is 1.30 bits per heavy atom. The van der Waals surface area contributed by atoms with E-state index in [1.165, 1.54) is 0 Å². The molecule has 0 saturated carbocycles. The lowest BCUT2D eigenvalue weighted by atomic mass is 9.92. The molecule has 174 valence electrons. The first-order chi connectivity index (χ1) is 16.1. The Morgan fingerprint density at radius 3 is 1.91 bits per heavy atom. The molecule has 33 heavy (non-hydrogen) atoms. The second kappa shape index (κ2) is 10.6. The number of amides is 2. The highest BCUT2D eigenvalue weighted by atomic mass is 16.5. The van der Waals surface area contributed by atoms with Gasteiger partial charge >= 0.3 is 5.97 Å². The summed E-state index contributed by atoms with van der Waals surface area (Å²) in [5.74, 6) is -0.101. The Morgan fingerprint density at radius 1 is 0.758 bits per heavy atom. The lowest BCUT2D eigenvalue weighted by molar-refractivity contribution is -0.152. The summed E-state index contributed by atoms with van der Waals surface area (Å²) >= 11 is 0. The number of piperidine rings is 2. The van der Waals surface area contributed by atoms with Crippen molar-refractivity contribution in [2.45, 2.75) is 32.6 Å². The lowest BCUT2D eigenvalue weighted by Gasteiger charge is -2.37. The average Bonchev–Trinajstić information content (AvgIpc) is 2.89. The normalized spacial score (nSPS) is 17.6. The second-order valence-corrected chi connectivity index (χ2v) is 8.86. The number of carbonyl (C=O) groups is 3. The number of ether oxygens (including phenoxy) is 1. The predicted molar refractivity (Wildman–Crippen MR) is 126 cm³/mol. The maximum Gasteiger partial charge on any atom is 0.309 e. The van der Waals surface area contributed by atoms with Gasteiger partial charge in [0.2, 0.25) is 5.91 Å². The Hall–Kier alpha value is -3.15. The molecular weight excluding hydrogens is 416 g/mol. The zero-order chi connectivity index (χ0) is 23.2. The van der Waals surface area contributed by atoms with Crippen LogP contribution in [0.1, 0.15) is 43.0 Å². The molecule has 0 radical (unpaired) electrons. The zero-order valence-corrected chi connectivity index (χ0v) is 19.2. The van der Waals surface area contributed by atoms with E-state index in [1.54, 1.807) is 0 Å². The van der Waals surface area contributed by atoms with E-state index in [9.17, 15) is 14.4 Å². The van der Waals surface area contributed by atoms with E-state index >= 15 is 0 Å². The van der Waals surface area contributed by atoms with Crippen LogP contribution in [0.3, 0.4) is 0 Å². The Kier molecular flexibility index (Phi) is 7.43. The van der Waals surface area contributed by atoms with Crippen molar-refractivity contribution in [1.82, 2.24) is 9.80 Å². The summed E-state index contributed by atoms with van der Waals surface area (Å²) in [6.45, 7) is 4.61. The van der Waals surface area contributed by atoms with Crippen molar-refractivity contribution in [1.29, 1.82) is 0 Å². The lowest BCUT2D eigenvalue weighted by Crippen LogP contribution is -2.47. The highest BCUT2D eigenvalue weighted by molar-refractivity contribution is 5.95. The van der Waals surface area contributed by atoms with E-state index in [1.807, 2.05) is 59.2 Å². The molecule has 2 saturated heterocycles. The molecule has 0 N–H and O–H groups in total. The van der Waals surface area contributed by atoms with Crippen molar-refractivity contribution >= 4 is 17.8 Å². The predicted octanol–water partition coefficient (Wildman–Crippen LogP) is 4.01. The van der Waals surface area contributed by atoms with E-state index in [2.05, 4.69) is 12.1 Å². The van der Waals surface area contributed by atoms with Crippen LogP contribution in [-0.2, 0) is 14.3 Å². The first-order valence-corrected chi connectivity index (χ1v) is 12.0. The zero-order valence-electron chi connectivity index (χ0n) is 19.2. The minimum atomic E-state index is -0.145. The standard InChI is InChI=1S/C27H32N2O4/c1-2-33-27(32)24-14-18-29(19-15-24)26(31)23-12-16-28(17-13-23)25(30)22-10-8-21(9-11-22)20-6-4-3-5-7-20/h3-11,23-24H,2,12-19H2,1H3. The van der Waals surface area contributed by atoms with Gasteiger partial charge in [-0.15, -0.1) is 0 Å². The van der Waals surface area contributed by atoms with Crippen LogP contribution in [0.2, 0.25) is 0 Å². The second-order valence-electron chi connectivity index (χ2n) is 8.86. The smallest absolute Gasteiger partial charge is 0.309 e. The van der Waals surface area contributed by atoms with Gasteiger partial charge in [0.25, 0.3) is 5.91 Å². The minimum absolute atomic E-state index is 0.0239. The maximum atomic E-state index is 13.0. The molecule has 4 rings (SSSR count). The molecule has 0 spiro atoms. The van der Waals surface area contributed by atoms with Crippen molar-refractivity contribution < 1.29 is 19.1 Å². The molecule has 6 heteroatoms. The third-order valence-corrected chi connectivity index (χ3v) is 6.80. The summed E-state index contributed by atoms with van der Waals surface area (Å²) < 4.78 is 5.11. The van der Waals surface area contributed by atoms with Crippen molar-refractivity contribution in [3.05, 3.63) is 60.2 Å². The van der Waals surface area contributed by atoms with Crippen molar-refractivity contribution in [2.75, 3.05) is 32.8 Å². The number of hydrogen-bond acceptors (Lipinski definition) is 4. The van der Waals surface area contributed by atoms with Crippen LogP contribution in [0.25, 0.3) is 11.1 Å². The van der Waals surface area contributed by atoms with Crippen molar-refractivity contribution in [3.8, 4) is 11.1 Å². The number of carbonyl (C=O) groups excluding carboxylic acids is 3.